The molecule has 112 valence electrons. The number of imidazole rings is 1. The van der Waals surface area contributed by atoms with Gasteiger partial charge in [-0.3, -0.25) is 4.79 Å². The summed E-state index contributed by atoms with van der Waals surface area (Å²) in [5, 5.41) is 0.865. The zero-order valence-corrected chi connectivity index (χ0v) is 11.9. The predicted molar refractivity (Wildman–Crippen MR) is 85.8 cm³/mol. The standard InChI is InChI=1S/C17H11N3O3/c21-17-10(16-18-11-3-1-2-4-12(11)19-16)5-9-6-14-15(23-8-22-14)7-13(9)20-17/h1-7H,8H2,(H,18,19)(H,20,21). The zero-order chi connectivity index (χ0) is 15.4. The molecule has 2 aromatic carbocycles. The molecule has 0 fully saturated rings. The van der Waals surface area contributed by atoms with Crippen molar-refractivity contribution in [3.05, 3.63) is 52.8 Å². The average Bonchev–Trinajstić information content (AvgIpc) is 3.17. The second-order valence-corrected chi connectivity index (χ2v) is 5.41. The Morgan fingerprint density at radius 3 is 2.65 bits per heavy atom. The number of aromatic nitrogens is 3. The van der Waals surface area contributed by atoms with Crippen LogP contribution in [-0.4, -0.2) is 21.7 Å². The van der Waals surface area contributed by atoms with Crippen molar-refractivity contribution in [2.24, 2.45) is 0 Å². The summed E-state index contributed by atoms with van der Waals surface area (Å²) in [6.07, 6.45) is 0. The van der Waals surface area contributed by atoms with Crippen LogP contribution in [0.15, 0.2) is 47.3 Å². The number of pyridine rings is 1. The van der Waals surface area contributed by atoms with Gasteiger partial charge < -0.3 is 19.4 Å². The SMILES string of the molecule is O=c1[nH]c2cc3c(cc2cc1-c1nc2ccccc2[nH]1)OCO3. The largest absolute Gasteiger partial charge is 0.454 e. The fraction of sp³-hybridized carbons (Fsp3) is 0.0588. The number of nitrogens with one attached hydrogen (secondary N) is 2. The lowest BCUT2D eigenvalue weighted by Gasteiger charge is -2.03. The summed E-state index contributed by atoms with van der Waals surface area (Å²) in [7, 11) is 0. The molecule has 0 spiro atoms. The van der Waals surface area contributed by atoms with Crippen LogP contribution in [0, 0.1) is 0 Å². The van der Waals surface area contributed by atoms with E-state index in [9.17, 15) is 4.79 Å². The van der Waals surface area contributed by atoms with Gasteiger partial charge in [-0.25, -0.2) is 4.98 Å². The van der Waals surface area contributed by atoms with Crippen molar-refractivity contribution in [1.82, 2.24) is 15.0 Å². The van der Waals surface area contributed by atoms with E-state index in [-0.39, 0.29) is 12.4 Å². The Morgan fingerprint density at radius 2 is 1.78 bits per heavy atom. The van der Waals surface area contributed by atoms with Crippen LogP contribution in [0.5, 0.6) is 11.5 Å². The predicted octanol–water partition coefficient (Wildman–Crippen LogP) is 2.80. The van der Waals surface area contributed by atoms with Gasteiger partial charge in [-0.1, -0.05) is 12.1 Å². The molecule has 0 unspecified atom stereocenters. The third kappa shape index (κ3) is 1.81. The molecule has 0 bridgehead atoms. The fourth-order valence-corrected chi connectivity index (χ4v) is 2.85. The first-order chi connectivity index (χ1) is 11.3. The fourth-order valence-electron chi connectivity index (χ4n) is 2.85. The van der Waals surface area contributed by atoms with Crippen LogP contribution in [0.2, 0.25) is 0 Å². The lowest BCUT2D eigenvalue weighted by molar-refractivity contribution is 0.174. The molecule has 1 aliphatic rings. The minimum absolute atomic E-state index is 0.199. The third-order valence-electron chi connectivity index (χ3n) is 3.98. The number of H-pyrrole nitrogens is 2. The minimum atomic E-state index is -0.199. The summed E-state index contributed by atoms with van der Waals surface area (Å²) in [4.78, 5) is 23.0. The monoisotopic (exact) mass is 305 g/mol. The van der Waals surface area contributed by atoms with Crippen LogP contribution in [-0.2, 0) is 0 Å². The van der Waals surface area contributed by atoms with Gasteiger partial charge >= 0.3 is 0 Å². The Bertz CT molecular complexity index is 1090. The highest BCUT2D eigenvalue weighted by molar-refractivity contribution is 5.87. The van der Waals surface area contributed by atoms with Gasteiger partial charge in [0.25, 0.3) is 5.56 Å². The minimum Gasteiger partial charge on any atom is -0.454 e. The van der Waals surface area contributed by atoms with E-state index >= 15 is 0 Å². The van der Waals surface area contributed by atoms with Crippen molar-refractivity contribution in [3.63, 3.8) is 0 Å². The van der Waals surface area contributed by atoms with Crippen LogP contribution >= 0.6 is 0 Å². The molecule has 4 aromatic rings. The van der Waals surface area contributed by atoms with Gasteiger partial charge in [0.1, 0.15) is 5.82 Å². The molecule has 0 aliphatic carbocycles. The number of nitrogens with zero attached hydrogens (tertiary/aromatic N) is 1. The average molecular weight is 305 g/mol. The van der Waals surface area contributed by atoms with E-state index in [2.05, 4.69) is 15.0 Å². The normalized spacial score (nSPS) is 13.0. The highest BCUT2D eigenvalue weighted by Gasteiger charge is 2.16. The highest BCUT2D eigenvalue weighted by Crippen LogP contribution is 2.35. The van der Waals surface area contributed by atoms with Crippen LogP contribution in [0.1, 0.15) is 0 Å². The van der Waals surface area contributed by atoms with E-state index in [1.165, 1.54) is 0 Å². The topological polar surface area (TPSA) is 80.0 Å². The first-order valence-electron chi connectivity index (χ1n) is 7.20. The molecule has 2 N–H and O–H groups in total. The first kappa shape index (κ1) is 12.3. The quantitative estimate of drug-likeness (QED) is 0.566. The van der Waals surface area contributed by atoms with Gasteiger partial charge in [0.05, 0.1) is 22.1 Å². The van der Waals surface area contributed by atoms with Crippen molar-refractivity contribution in [2.75, 3.05) is 6.79 Å². The Morgan fingerprint density at radius 1 is 0.957 bits per heavy atom. The van der Waals surface area contributed by atoms with E-state index in [0.29, 0.717) is 28.4 Å². The molecule has 2 aromatic heterocycles. The number of fused-ring (bicyclic) bond motifs is 3. The van der Waals surface area contributed by atoms with Gasteiger partial charge in [0, 0.05) is 11.5 Å². The number of rotatable bonds is 1. The van der Waals surface area contributed by atoms with E-state index in [4.69, 9.17) is 9.47 Å². The van der Waals surface area contributed by atoms with Crippen molar-refractivity contribution in [2.45, 2.75) is 0 Å². The van der Waals surface area contributed by atoms with E-state index in [0.717, 1.165) is 16.4 Å². The Hall–Kier alpha value is -3.28. The number of ether oxygens (including phenoxy) is 2. The van der Waals surface area contributed by atoms with Gasteiger partial charge in [-0.15, -0.1) is 0 Å². The maximum atomic E-state index is 12.4. The first-order valence-corrected chi connectivity index (χ1v) is 7.20. The van der Waals surface area contributed by atoms with Gasteiger partial charge in [-0.05, 0) is 24.3 Å². The van der Waals surface area contributed by atoms with Gasteiger partial charge in [0.2, 0.25) is 6.79 Å². The Kier molecular flexibility index (Phi) is 2.33. The van der Waals surface area contributed by atoms with E-state index in [1.54, 1.807) is 6.07 Å². The van der Waals surface area contributed by atoms with Crippen LogP contribution < -0.4 is 15.0 Å². The maximum Gasteiger partial charge on any atom is 0.259 e. The molecule has 23 heavy (non-hydrogen) atoms. The number of hydrogen-bond donors (Lipinski definition) is 2. The zero-order valence-electron chi connectivity index (χ0n) is 11.9. The molecule has 1 aliphatic heterocycles. The lowest BCUT2D eigenvalue weighted by Crippen LogP contribution is -2.09. The van der Waals surface area contributed by atoms with Gasteiger partial charge in [-0.2, -0.15) is 0 Å². The Labute approximate surface area is 129 Å². The van der Waals surface area contributed by atoms with Crippen LogP contribution in [0.4, 0.5) is 0 Å². The molecule has 5 rings (SSSR count). The number of hydrogen-bond acceptors (Lipinski definition) is 4. The Balaban J connectivity index is 1.76. The molecular weight excluding hydrogens is 294 g/mol. The maximum absolute atomic E-state index is 12.4. The third-order valence-corrected chi connectivity index (χ3v) is 3.98. The van der Waals surface area contributed by atoms with Crippen LogP contribution in [0.25, 0.3) is 33.3 Å². The molecule has 0 saturated carbocycles. The molecule has 6 nitrogen and oxygen atoms in total. The second-order valence-electron chi connectivity index (χ2n) is 5.41. The summed E-state index contributed by atoms with van der Waals surface area (Å²) in [5.41, 5.74) is 2.72. The molecule has 0 atom stereocenters. The summed E-state index contributed by atoms with van der Waals surface area (Å²) in [6, 6.07) is 13.1. The summed E-state index contributed by atoms with van der Waals surface area (Å²) in [5.74, 6) is 1.87. The molecule has 0 radical (unpaired) electrons. The van der Waals surface area contributed by atoms with Crippen molar-refractivity contribution in [1.29, 1.82) is 0 Å². The number of benzene rings is 2. The van der Waals surface area contributed by atoms with Crippen molar-refractivity contribution in [3.8, 4) is 22.9 Å². The molecule has 0 amide bonds. The van der Waals surface area contributed by atoms with E-state index in [1.807, 2.05) is 36.4 Å². The van der Waals surface area contributed by atoms with Gasteiger partial charge in [0.15, 0.2) is 11.5 Å². The number of para-hydroxylation sites is 2. The van der Waals surface area contributed by atoms with Crippen molar-refractivity contribution < 1.29 is 9.47 Å². The molecule has 3 heterocycles. The summed E-state index contributed by atoms with van der Waals surface area (Å²) >= 11 is 0. The molecular formula is C17H11N3O3. The smallest absolute Gasteiger partial charge is 0.259 e. The highest BCUT2D eigenvalue weighted by atomic mass is 16.7. The lowest BCUT2D eigenvalue weighted by atomic mass is 10.1. The summed E-state index contributed by atoms with van der Waals surface area (Å²) < 4.78 is 10.7. The summed E-state index contributed by atoms with van der Waals surface area (Å²) in [6.45, 7) is 0.201. The second kappa shape index (κ2) is 4.36. The van der Waals surface area contributed by atoms with Crippen molar-refractivity contribution >= 4 is 21.9 Å². The molecule has 6 heteroatoms. The molecule has 0 saturated heterocycles. The number of aromatic amines is 2. The van der Waals surface area contributed by atoms with E-state index < -0.39 is 0 Å². The van der Waals surface area contributed by atoms with Crippen LogP contribution in [0.3, 0.4) is 0 Å².